The number of ketones is 1. The fourth-order valence-electron chi connectivity index (χ4n) is 4.32. The van der Waals surface area contributed by atoms with Crippen LogP contribution in [0.5, 0.6) is 5.75 Å². The summed E-state index contributed by atoms with van der Waals surface area (Å²) in [5, 5.41) is 11.8. The summed E-state index contributed by atoms with van der Waals surface area (Å²) in [5.74, 6) is -1.54. The number of anilines is 1. The van der Waals surface area contributed by atoms with Crippen molar-refractivity contribution in [2.24, 2.45) is 0 Å². The molecule has 5 nitrogen and oxygen atoms in total. The Balaban J connectivity index is 2.04. The minimum atomic E-state index is -0.808. The highest BCUT2D eigenvalue weighted by Crippen LogP contribution is 2.45. The second-order valence-electron chi connectivity index (χ2n) is 8.19. The van der Waals surface area contributed by atoms with E-state index in [1.165, 1.54) is 12.0 Å². The van der Waals surface area contributed by atoms with Crippen LogP contribution in [-0.2, 0) is 9.59 Å². The van der Waals surface area contributed by atoms with Gasteiger partial charge in [-0.15, -0.1) is 0 Å². The van der Waals surface area contributed by atoms with Crippen LogP contribution in [0.3, 0.4) is 0 Å². The van der Waals surface area contributed by atoms with Crippen molar-refractivity contribution in [2.75, 3.05) is 12.0 Å². The smallest absolute Gasteiger partial charge is 0.300 e. The number of carbonyl (C=O) groups is 2. The molecule has 0 spiro atoms. The normalized spacial score (nSPS) is 17.5. The molecule has 0 aliphatic carbocycles. The first kappa shape index (κ1) is 22.6. The molecule has 1 heterocycles. The maximum atomic E-state index is 13.4. The Morgan fingerprint density at radius 3 is 2.36 bits per heavy atom. The molecule has 1 N–H and O–H groups in total. The van der Waals surface area contributed by atoms with Crippen LogP contribution >= 0.6 is 11.6 Å². The number of benzene rings is 3. The minimum Gasteiger partial charge on any atom is -0.507 e. The number of nitrogens with zero attached hydrogens (tertiary/aromatic N) is 1. The second kappa shape index (κ2) is 8.75. The van der Waals surface area contributed by atoms with Gasteiger partial charge in [-0.3, -0.25) is 14.5 Å². The van der Waals surface area contributed by atoms with Crippen LogP contribution in [0.25, 0.3) is 5.76 Å². The summed E-state index contributed by atoms with van der Waals surface area (Å²) in [4.78, 5) is 28.1. The molecular weight excluding hydrogens is 438 g/mol. The number of methoxy groups -OCH3 is 1. The number of aliphatic hydroxyl groups is 1. The fraction of sp³-hybridized carbons (Fsp3) is 0.185. The Kier molecular flexibility index (Phi) is 6.00. The van der Waals surface area contributed by atoms with E-state index in [-0.39, 0.29) is 22.6 Å². The van der Waals surface area contributed by atoms with E-state index in [4.69, 9.17) is 16.3 Å². The van der Waals surface area contributed by atoms with Crippen molar-refractivity contribution in [1.82, 2.24) is 0 Å². The van der Waals surface area contributed by atoms with Gasteiger partial charge in [-0.05, 0) is 67.3 Å². The Hall–Kier alpha value is -3.57. The van der Waals surface area contributed by atoms with Gasteiger partial charge in [-0.2, -0.15) is 0 Å². The highest BCUT2D eigenvalue weighted by molar-refractivity contribution is 6.51. The number of ether oxygens (including phenoxy) is 1. The summed E-state index contributed by atoms with van der Waals surface area (Å²) in [5.41, 5.74) is 4.21. The predicted octanol–water partition coefficient (Wildman–Crippen LogP) is 5.90. The first-order valence-electron chi connectivity index (χ1n) is 10.5. The van der Waals surface area contributed by atoms with Crippen molar-refractivity contribution < 1.29 is 19.4 Å². The molecule has 1 fully saturated rings. The number of aliphatic hydroxyl groups excluding tert-OH is 1. The quantitative estimate of drug-likeness (QED) is 0.298. The zero-order chi connectivity index (χ0) is 23.9. The lowest BCUT2D eigenvalue weighted by molar-refractivity contribution is -0.132. The number of halogens is 1. The Morgan fingerprint density at radius 1 is 0.970 bits per heavy atom. The zero-order valence-corrected chi connectivity index (χ0v) is 19.6. The number of carbonyl (C=O) groups excluding carboxylic acids is 2. The third-order valence-electron chi connectivity index (χ3n) is 5.85. The van der Waals surface area contributed by atoms with Crippen LogP contribution in [0, 0.1) is 20.8 Å². The first-order chi connectivity index (χ1) is 15.7. The summed E-state index contributed by atoms with van der Waals surface area (Å²) < 4.78 is 5.43. The fourth-order valence-corrected chi connectivity index (χ4v) is 4.67. The standard InChI is InChI=1S/C27H24ClNO4/c1-15-8-7-10-18(12-15)29-23(19-11-6-5-9-17(19)3)22(25(31)27(29)32)24(30)20-13-16(2)14-21(28)26(20)33-4/h5-14,23,30H,1-4H3/b24-22+. The van der Waals surface area contributed by atoms with Crippen LogP contribution in [0.2, 0.25) is 5.02 Å². The van der Waals surface area contributed by atoms with Gasteiger partial charge in [0.15, 0.2) is 0 Å². The van der Waals surface area contributed by atoms with E-state index in [1.807, 2.05) is 63.2 Å². The molecule has 6 heteroatoms. The number of aryl methyl sites for hydroxylation is 3. The third-order valence-corrected chi connectivity index (χ3v) is 6.14. The Bertz CT molecular complexity index is 1310. The molecule has 3 aromatic carbocycles. The van der Waals surface area contributed by atoms with Gasteiger partial charge >= 0.3 is 0 Å². The number of Topliss-reactive ketones (excluding diaryl/α,β-unsaturated/α-hetero) is 1. The number of hydrogen-bond donors (Lipinski definition) is 1. The van der Waals surface area contributed by atoms with Crippen molar-refractivity contribution >= 4 is 34.7 Å². The van der Waals surface area contributed by atoms with Crippen LogP contribution in [0.15, 0.2) is 66.2 Å². The third kappa shape index (κ3) is 3.89. The van der Waals surface area contributed by atoms with Gasteiger partial charge < -0.3 is 9.84 Å². The van der Waals surface area contributed by atoms with E-state index in [0.29, 0.717) is 10.7 Å². The average Bonchev–Trinajstić information content (AvgIpc) is 3.03. The SMILES string of the molecule is COc1c(Cl)cc(C)cc1/C(O)=C1\C(=O)C(=O)N(c2cccc(C)c2)C1c1ccccc1C. The maximum Gasteiger partial charge on any atom is 0.300 e. The lowest BCUT2D eigenvalue weighted by Gasteiger charge is -2.27. The molecule has 0 bridgehead atoms. The number of rotatable bonds is 4. The summed E-state index contributed by atoms with van der Waals surface area (Å²) in [6.07, 6.45) is 0. The van der Waals surface area contributed by atoms with Gasteiger partial charge in [0, 0.05) is 5.69 Å². The summed E-state index contributed by atoms with van der Waals surface area (Å²) in [6.45, 7) is 5.66. The topological polar surface area (TPSA) is 66.8 Å². The Morgan fingerprint density at radius 2 is 1.70 bits per heavy atom. The van der Waals surface area contributed by atoms with E-state index in [2.05, 4.69) is 0 Å². The second-order valence-corrected chi connectivity index (χ2v) is 8.60. The molecule has 1 atom stereocenters. The van der Waals surface area contributed by atoms with Gasteiger partial charge in [0.25, 0.3) is 11.7 Å². The van der Waals surface area contributed by atoms with E-state index in [0.717, 1.165) is 22.3 Å². The van der Waals surface area contributed by atoms with Gasteiger partial charge in [-0.1, -0.05) is 48.0 Å². The van der Waals surface area contributed by atoms with Gasteiger partial charge in [-0.25, -0.2) is 0 Å². The minimum absolute atomic E-state index is 0.00391. The highest BCUT2D eigenvalue weighted by Gasteiger charge is 2.47. The van der Waals surface area contributed by atoms with Crippen molar-refractivity contribution in [1.29, 1.82) is 0 Å². The molecule has 0 saturated carbocycles. The molecule has 0 aromatic heterocycles. The van der Waals surface area contributed by atoms with Gasteiger partial charge in [0.1, 0.15) is 11.5 Å². The van der Waals surface area contributed by atoms with E-state index < -0.39 is 17.7 Å². The number of amides is 1. The monoisotopic (exact) mass is 461 g/mol. The van der Waals surface area contributed by atoms with Crippen molar-refractivity contribution in [2.45, 2.75) is 26.8 Å². The van der Waals surface area contributed by atoms with Crippen molar-refractivity contribution in [3.8, 4) is 5.75 Å². The van der Waals surface area contributed by atoms with Gasteiger partial charge in [0.2, 0.25) is 0 Å². The molecule has 168 valence electrons. The predicted molar refractivity (Wildman–Crippen MR) is 130 cm³/mol. The van der Waals surface area contributed by atoms with Crippen LogP contribution in [-0.4, -0.2) is 23.9 Å². The molecule has 1 unspecified atom stereocenters. The molecular formula is C27H24ClNO4. The molecule has 33 heavy (non-hydrogen) atoms. The maximum absolute atomic E-state index is 13.4. The Labute approximate surface area is 197 Å². The van der Waals surface area contributed by atoms with E-state index in [1.54, 1.807) is 18.2 Å². The first-order valence-corrected chi connectivity index (χ1v) is 10.9. The molecule has 1 aliphatic heterocycles. The summed E-state index contributed by atoms with van der Waals surface area (Å²) in [7, 11) is 1.44. The van der Waals surface area contributed by atoms with Crippen molar-refractivity contribution in [3.05, 3.63) is 99.1 Å². The van der Waals surface area contributed by atoms with Gasteiger partial charge in [0.05, 0.1) is 29.3 Å². The largest absolute Gasteiger partial charge is 0.507 e. The lowest BCUT2D eigenvalue weighted by atomic mass is 9.92. The molecule has 0 radical (unpaired) electrons. The highest BCUT2D eigenvalue weighted by atomic mass is 35.5. The average molecular weight is 462 g/mol. The van der Waals surface area contributed by atoms with Crippen LogP contribution in [0.4, 0.5) is 5.69 Å². The van der Waals surface area contributed by atoms with E-state index in [9.17, 15) is 14.7 Å². The number of hydrogen-bond acceptors (Lipinski definition) is 4. The molecule has 1 saturated heterocycles. The summed E-state index contributed by atoms with van der Waals surface area (Å²) >= 11 is 6.35. The van der Waals surface area contributed by atoms with Crippen LogP contribution < -0.4 is 9.64 Å². The molecule has 4 rings (SSSR count). The summed E-state index contributed by atoms with van der Waals surface area (Å²) in [6, 6.07) is 17.5. The molecule has 3 aromatic rings. The van der Waals surface area contributed by atoms with Crippen LogP contribution in [0.1, 0.15) is 33.9 Å². The zero-order valence-electron chi connectivity index (χ0n) is 18.8. The lowest BCUT2D eigenvalue weighted by Crippen LogP contribution is -2.29. The van der Waals surface area contributed by atoms with Crippen molar-refractivity contribution in [3.63, 3.8) is 0 Å². The molecule has 1 aliphatic rings. The van der Waals surface area contributed by atoms with E-state index >= 15 is 0 Å². The molecule has 1 amide bonds.